The normalized spacial score (nSPS) is 27.1. The molecule has 3 N–H and O–H groups in total. The molecular weight excluding hydrogens is 316 g/mol. The molecule has 4 atom stereocenters. The first-order chi connectivity index (χ1) is 8.75. The van der Waals surface area contributed by atoms with Crippen molar-refractivity contribution in [2.75, 3.05) is 6.54 Å². The molecule has 1 amide bonds. The Balaban J connectivity index is 2.36. The van der Waals surface area contributed by atoms with Gasteiger partial charge in [-0.3, -0.25) is 4.79 Å². The number of hydrogen-bond donors (Lipinski definition) is 3. The van der Waals surface area contributed by atoms with E-state index in [1.165, 1.54) is 0 Å². The molecule has 1 heterocycles. The van der Waals surface area contributed by atoms with Crippen LogP contribution >= 0.6 is 34.8 Å². The summed E-state index contributed by atoms with van der Waals surface area (Å²) >= 11 is 16.1. The van der Waals surface area contributed by atoms with E-state index in [0.29, 0.717) is 19.3 Å². The molecule has 1 aliphatic heterocycles. The Morgan fingerprint density at radius 2 is 1.84 bits per heavy atom. The lowest BCUT2D eigenvalue weighted by Gasteiger charge is -2.22. The molecule has 112 valence electrons. The number of carbonyl (C=O) groups excluding carboxylic acids is 1. The summed E-state index contributed by atoms with van der Waals surface area (Å²) in [7, 11) is 0. The van der Waals surface area contributed by atoms with Crippen LogP contribution in [-0.2, 0) is 9.53 Å². The number of nitrogens with one attached hydrogen (secondary N) is 1. The van der Waals surface area contributed by atoms with Crippen molar-refractivity contribution in [3.8, 4) is 0 Å². The fourth-order valence-corrected chi connectivity index (χ4v) is 2.15. The number of aliphatic hydroxyl groups is 2. The van der Waals surface area contributed by atoms with Gasteiger partial charge in [0.25, 0.3) is 9.70 Å². The van der Waals surface area contributed by atoms with Gasteiger partial charge in [-0.15, -0.1) is 0 Å². The molecule has 0 unspecified atom stereocenters. The van der Waals surface area contributed by atoms with E-state index in [0.717, 1.165) is 0 Å². The topological polar surface area (TPSA) is 78.8 Å². The Labute approximate surface area is 127 Å². The van der Waals surface area contributed by atoms with Crippen LogP contribution in [0.2, 0.25) is 0 Å². The van der Waals surface area contributed by atoms with Gasteiger partial charge in [-0.1, -0.05) is 41.7 Å². The number of hydrogen-bond acceptors (Lipinski definition) is 4. The molecule has 1 fully saturated rings. The lowest BCUT2D eigenvalue weighted by Crippen LogP contribution is -2.43. The summed E-state index contributed by atoms with van der Waals surface area (Å²) < 4.78 is 3.50. The van der Waals surface area contributed by atoms with E-state index >= 15 is 0 Å². The standard InChI is InChI=1S/C11H18Cl3NO4/c1-2-6(16)8-3-4-9(19-8)7(17)5-15-10(18)11(12,13)14/h6-9,16-17H,2-5H2,1H3,(H,15,18)/t6-,7+,8-,9+/m1/s1. The quantitative estimate of drug-likeness (QED) is 0.659. The predicted octanol–water partition coefficient (Wildman–Crippen LogP) is 1.15. The van der Waals surface area contributed by atoms with Crippen LogP contribution in [0, 0.1) is 0 Å². The molecular formula is C11H18Cl3NO4. The molecule has 0 aromatic carbocycles. The van der Waals surface area contributed by atoms with Gasteiger partial charge >= 0.3 is 0 Å². The third-order valence-corrected chi connectivity index (χ3v) is 3.61. The van der Waals surface area contributed by atoms with Gasteiger partial charge in [0.1, 0.15) is 0 Å². The largest absolute Gasteiger partial charge is 0.390 e. The molecule has 0 spiro atoms. The van der Waals surface area contributed by atoms with Gasteiger partial charge in [0.05, 0.1) is 24.4 Å². The Bertz CT molecular complexity index is 311. The third kappa shape index (κ3) is 5.25. The zero-order valence-corrected chi connectivity index (χ0v) is 12.8. The summed E-state index contributed by atoms with van der Waals surface area (Å²) in [5.74, 6) is -0.792. The molecule has 19 heavy (non-hydrogen) atoms. The first-order valence-corrected chi connectivity index (χ1v) is 7.25. The van der Waals surface area contributed by atoms with E-state index in [4.69, 9.17) is 39.5 Å². The summed E-state index contributed by atoms with van der Waals surface area (Å²) in [6.07, 6.45) is -0.243. The van der Waals surface area contributed by atoms with Gasteiger partial charge < -0.3 is 20.3 Å². The molecule has 1 aliphatic rings. The van der Waals surface area contributed by atoms with Crippen LogP contribution in [0.25, 0.3) is 0 Å². The number of aliphatic hydroxyl groups excluding tert-OH is 2. The number of amides is 1. The number of ether oxygens (including phenoxy) is 1. The van der Waals surface area contributed by atoms with Gasteiger partial charge in [0.2, 0.25) is 0 Å². The lowest BCUT2D eigenvalue weighted by atomic mass is 10.1. The van der Waals surface area contributed by atoms with E-state index in [1.54, 1.807) is 0 Å². The maximum absolute atomic E-state index is 11.3. The second-order valence-electron chi connectivity index (χ2n) is 4.54. The first kappa shape index (κ1) is 17.3. The Hall–Kier alpha value is 0.220. The van der Waals surface area contributed by atoms with E-state index in [2.05, 4.69) is 5.32 Å². The van der Waals surface area contributed by atoms with Crippen LogP contribution in [0.3, 0.4) is 0 Å². The van der Waals surface area contributed by atoms with Crippen molar-refractivity contribution >= 4 is 40.7 Å². The van der Waals surface area contributed by atoms with Crippen LogP contribution in [0.15, 0.2) is 0 Å². The van der Waals surface area contributed by atoms with Crippen molar-refractivity contribution < 1.29 is 19.7 Å². The molecule has 0 radical (unpaired) electrons. The monoisotopic (exact) mass is 333 g/mol. The van der Waals surface area contributed by atoms with Crippen LogP contribution < -0.4 is 5.32 Å². The number of carbonyl (C=O) groups is 1. The Kier molecular flexibility index (Phi) is 6.63. The number of rotatable bonds is 5. The molecule has 5 nitrogen and oxygen atoms in total. The zero-order valence-electron chi connectivity index (χ0n) is 10.5. The number of alkyl halides is 3. The Morgan fingerprint density at radius 1 is 1.32 bits per heavy atom. The SMILES string of the molecule is CC[C@@H](O)[C@H]1CC[C@@H]([C@@H](O)CNC(=O)C(Cl)(Cl)Cl)O1. The zero-order chi connectivity index (χ0) is 14.6. The molecule has 1 rings (SSSR count). The minimum atomic E-state index is -2.04. The molecule has 0 saturated carbocycles. The summed E-state index contributed by atoms with van der Waals surface area (Å²) in [4.78, 5) is 11.3. The van der Waals surface area contributed by atoms with Gasteiger partial charge in [0, 0.05) is 6.54 Å². The van der Waals surface area contributed by atoms with Crippen molar-refractivity contribution in [1.29, 1.82) is 0 Å². The van der Waals surface area contributed by atoms with E-state index in [9.17, 15) is 15.0 Å². The molecule has 0 aromatic rings. The van der Waals surface area contributed by atoms with Crippen LogP contribution in [0.5, 0.6) is 0 Å². The highest BCUT2D eigenvalue weighted by atomic mass is 35.6. The third-order valence-electron chi connectivity index (χ3n) is 3.09. The van der Waals surface area contributed by atoms with E-state index in [-0.39, 0.29) is 12.6 Å². The van der Waals surface area contributed by atoms with Gasteiger partial charge in [-0.2, -0.15) is 0 Å². The van der Waals surface area contributed by atoms with Crippen molar-refractivity contribution in [3.63, 3.8) is 0 Å². The van der Waals surface area contributed by atoms with Crippen LogP contribution in [0.1, 0.15) is 26.2 Å². The maximum Gasteiger partial charge on any atom is 0.272 e. The summed E-state index contributed by atoms with van der Waals surface area (Å²) in [5, 5.41) is 21.9. The smallest absolute Gasteiger partial charge is 0.272 e. The maximum atomic E-state index is 11.3. The van der Waals surface area contributed by atoms with Crippen LogP contribution in [0.4, 0.5) is 0 Å². The van der Waals surface area contributed by atoms with Crippen molar-refractivity contribution in [1.82, 2.24) is 5.32 Å². The highest BCUT2D eigenvalue weighted by molar-refractivity contribution is 6.76. The summed E-state index contributed by atoms with van der Waals surface area (Å²) in [6.45, 7) is 1.80. The summed E-state index contributed by atoms with van der Waals surface area (Å²) in [6, 6.07) is 0. The second kappa shape index (κ2) is 7.29. The average Bonchev–Trinajstić information content (AvgIpc) is 2.82. The lowest BCUT2D eigenvalue weighted by molar-refractivity contribution is -0.121. The highest BCUT2D eigenvalue weighted by Gasteiger charge is 2.35. The van der Waals surface area contributed by atoms with E-state index in [1.807, 2.05) is 6.92 Å². The second-order valence-corrected chi connectivity index (χ2v) is 6.82. The fourth-order valence-electron chi connectivity index (χ4n) is 1.95. The molecule has 0 aromatic heterocycles. The van der Waals surface area contributed by atoms with Gasteiger partial charge in [-0.05, 0) is 19.3 Å². The highest BCUT2D eigenvalue weighted by Crippen LogP contribution is 2.27. The van der Waals surface area contributed by atoms with Gasteiger partial charge in [-0.25, -0.2) is 0 Å². The first-order valence-electron chi connectivity index (χ1n) is 6.12. The van der Waals surface area contributed by atoms with Crippen molar-refractivity contribution in [2.45, 2.75) is 54.4 Å². The van der Waals surface area contributed by atoms with E-state index < -0.39 is 28.0 Å². The average molecular weight is 335 g/mol. The fraction of sp³-hybridized carbons (Fsp3) is 0.909. The molecule has 8 heteroatoms. The summed E-state index contributed by atoms with van der Waals surface area (Å²) in [5.41, 5.74) is 0. The molecule has 0 aliphatic carbocycles. The minimum absolute atomic E-state index is 0.0631. The van der Waals surface area contributed by atoms with Crippen molar-refractivity contribution in [3.05, 3.63) is 0 Å². The van der Waals surface area contributed by atoms with Crippen LogP contribution in [-0.4, -0.2) is 50.9 Å². The predicted molar refractivity (Wildman–Crippen MR) is 73.5 cm³/mol. The Morgan fingerprint density at radius 3 is 2.32 bits per heavy atom. The molecule has 0 bridgehead atoms. The minimum Gasteiger partial charge on any atom is -0.390 e. The van der Waals surface area contributed by atoms with Crippen molar-refractivity contribution in [2.24, 2.45) is 0 Å². The molecule has 1 saturated heterocycles. The van der Waals surface area contributed by atoms with Gasteiger partial charge in [0.15, 0.2) is 0 Å². The number of halogens is 3.